The molecular weight excluding hydrogens is 442 g/mol. The lowest BCUT2D eigenvalue weighted by molar-refractivity contribution is 0.0369. The average Bonchev–Trinajstić information content (AvgIpc) is 2.81. The molecule has 1 aliphatic heterocycles. The van der Waals surface area contributed by atoms with E-state index in [1.54, 1.807) is 16.7 Å². The molecule has 1 aromatic heterocycles. The highest BCUT2D eigenvalue weighted by Crippen LogP contribution is 2.09. The number of urea groups is 1. The zero-order valence-electron chi connectivity index (χ0n) is 20.0. The summed E-state index contributed by atoms with van der Waals surface area (Å²) in [4.78, 5) is 18.2. The highest BCUT2D eigenvalue weighted by atomic mass is 32.2. The van der Waals surface area contributed by atoms with Crippen LogP contribution >= 0.6 is 0 Å². The number of carbonyl (C=O) groups excluding carboxylic acids is 1. The van der Waals surface area contributed by atoms with Gasteiger partial charge < -0.3 is 15.4 Å². The first-order valence-electron chi connectivity index (χ1n) is 12.1. The molecule has 2 N–H and O–H groups in total. The minimum atomic E-state index is -3.16. The van der Waals surface area contributed by atoms with Gasteiger partial charge in [-0.15, -0.1) is 0 Å². The number of unbranched alkanes of at least 4 members (excludes halogenated alkanes) is 5. The molecule has 0 aromatic carbocycles. The summed E-state index contributed by atoms with van der Waals surface area (Å²) < 4.78 is 31.1. The summed E-state index contributed by atoms with van der Waals surface area (Å²) in [6.07, 6.45) is 11.7. The van der Waals surface area contributed by atoms with Gasteiger partial charge >= 0.3 is 6.03 Å². The van der Waals surface area contributed by atoms with Crippen molar-refractivity contribution < 1.29 is 17.9 Å². The molecule has 9 nitrogen and oxygen atoms in total. The summed E-state index contributed by atoms with van der Waals surface area (Å²) >= 11 is 0. The molecule has 10 heteroatoms. The molecule has 1 saturated heterocycles. The van der Waals surface area contributed by atoms with E-state index in [9.17, 15) is 13.2 Å². The summed E-state index contributed by atoms with van der Waals surface area (Å²) in [5.74, 6) is 0. The van der Waals surface area contributed by atoms with Crippen molar-refractivity contribution in [1.82, 2.24) is 24.8 Å². The first-order valence-corrected chi connectivity index (χ1v) is 14.0. The molecule has 0 saturated carbocycles. The van der Waals surface area contributed by atoms with E-state index < -0.39 is 10.0 Å². The van der Waals surface area contributed by atoms with E-state index in [0.717, 1.165) is 83.4 Å². The fraction of sp³-hybridized carbons (Fsp3) is 0.739. The number of hydrogen-bond acceptors (Lipinski definition) is 6. The van der Waals surface area contributed by atoms with E-state index in [1.165, 1.54) is 6.26 Å². The second-order valence-electron chi connectivity index (χ2n) is 8.56. The molecule has 188 valence electrons. The van der Waals surface area contributed by atoms with Gasteiger partial charge in [-0.3, -0.25) is 9.88 Å². The molecule has 1 fully saturated rings. The van der Waals surface area contributed by atoms with Gasteiger partial charge in [-0.1, -0.05) is 31.7 Å². The Balaban J connectivity index is 1.45. The Morgan fingerprint density at radius 3 is 2.45 bits per heavy atom. The van der Waals surface area contributed by atoms with E-state index >= 15 is 0 Å². The fourth-order valence-electron chi connectivity index (χ4n) is 3.81. The van der Waals surface area contributed by atoms with Gasteiger partial charge in [-0.2, -0.15) is 0 Å². The van der Waals surface area contributed by atoms with Gasteiger partial charge in [0.05, 0.1) is 19.5 Å². The van der Waals surface area contributed by atoms with Crippen LogP contribution in [0.25, 0.3) is 0 Å². The summed E-state index contributed by atoms with van der Waals surface area (Å²) in [5, 5.41) is 5.70. The van der Waals surface area contributed by atoms with Crippen LogP contribution in [0.15, 0.2) is 24.5 Å². The van der Waals surface area contributed by atoms with Gasteiger partial charge in [0, 0.05) is 51.7 Å². The zero-order valence-corrected chi connectivity index (χ0v) is 20.8. The lowest BCUT2D eigenvalue weighted by Crippen LogP contribution is -2.39. The molecule has 2 rings (SSSR count). The third kappa shape index (κ3) is 12.9. The third-order valence-electron chi connectivity index (χ3n) is 5.75. The second kappa shape index (κ2) is 16.0. The van der Waals surface area contributed by atoms with E-state index in [-0.39, 0.29) is 6.03 Å². The Labute approximate surface area is 199 Å². The number of ether oxygens (including phenoxy) is 1. The highest BCUT2D eigenvalue weighted by molar-refractivity contribution is 7.88. The van der Waals surface area contributed by atoms with Crippen LogP contribution in [0, 0.1) is 0 Å². The molecule has 1 aromatic rings. The van der Waals surface area contributed by atoms with Gasteiger partial charge in [0.1, 0.15) is 0 Å². The molecule has 0 spiro atoms. The van der Waals surface area contributed by atoms with Crippen LogP contribution in [0.5, 0.6) is 0 Å². The molecule has 0 radical (unpaired) electrons. The summed E-state index contributed by atoms with van der Waals surface area (Å²) in [6, 6.07) is 3.61. The van der Waals surface area contributed by atoms with E-state index in [1.807, 2.05) is 12.1 Å². The molecule has 33 heavy (non-hydrogen) atoms. The minimum absolute atomic E-state index is 0.159. The Morgan fingerprint density at radius 2 is 1.76 bits per heavy atom. The maximum absolute atomic E-state index is 12.1. The number of hydrogen-bond donors (Lipinski definition) is 2. The summed E-state index contributed by atoms with van der Waals surface area (Å²) in [5.41, 5.74) is 0.971. The maximum Gasteiger partial charge on any atom is 0.315 e. The Morgan fingerprint density at radius 1 is 1.06 bits per heavy atom. The predicted octanol–water partition coefficient (Wildman–Crippen LogP) is 2.21. The molecular formula is C23H41N5O4S. The van der Waals surface area contributed by atoms with Crippen LogP contribution in [0.4, 0.5) is 4.79 Å². The molecule has 0 atom stereocenters. The molecule has 0 bridgehead atoms. The van der Waals surface area contributed by atoms with Crippen molar-refractivity contribution in [2.75, 3.05) is 58.7 Å². The molecule has 1 aliphatic rings. The summed E-state index contributed by atoms with van der Waals surface area (Å²) in [7, 11) is -3.16. The number of aromatic nitrogens is 1. The number of pyridine rings is 1. The lowest BCUT2D eigenvalue weighted by atomic mass is 10.1. The Kier molecular flexibility index (Phi) is 13.3. The number of amides is 2. The van der Waals surface area contributed by atoms with Crippen molar-refractivity contribution in [2.45, 2.75) is 51.5 Å². The smallest absolute Gasteiger partial charge is 0.315 e. The van der Waals surface area contributed by atoms with Gasteiger partial charge in [0.25, 0.3) is 0 Å². The Bertz CT molecular complexity index is 757. The first-order chi connectivity index (χ1) is 15.9. The third-order valence-corrected chi connectivity index (χ3v) is 7.05. The number of sulfonamides is 1. The first kappa shape index (κ1) is 27.5. The largest absolute Gasteiger partial charge is 0.379 e. The van der Waals surface area contributed by atoms with Crippen molar-refractivity contribution in [3.63, 3.8) is 0 Å². The van der Waals surface area contributed by atoms with Crippen LogP contribution in [-0.4, -0.2) is 87.4 Å². The number of rotatable bonds is 16. The Hall–Kier alpha value is -1.75. The monoisotopic (exact) mass is 483 g/mol. The van der Waals surface area contributed by atoms with Gasteiger partial charge in [0.2, 0.25) is 10.0 Å². The SMILES string of the molecule is CS(=O)(=O)N(CCCCCCCCNC(=O)NCc1cccnc1)CCCN1CCOCC1. The van der Waals surface area contributed by atoms with E-state index in [2.05, 4.69) is 20.5 Å². The minimum Gasteiger partial charge on any atom is -0.379 e. The van der Waals surface area contributed by atoms with Crippen molar-refractivity contribution in [2.24, 2.45) is 0 Å². The van der Waals surface area contributed by atoms with Crippen LogP contribution in [0.3, 0.4) is 0 Å². The lowest BCUT2D eigenvalue weighted by Gasteiger charge is -2.27. The average molecular weight is 484 g/mol. The van der Waals surface area contributed by atoms with Crippen molar-refractivity contribution in [3.8, 4) is 0 Å². The van der Waals surface area contributed by atoms with Gasteiger partial charge in [0.15, 0.2) is 0 Å². The molecule has 2 amide bonds. The van der Waals surface area contributed by atoms with Crippen LogP contribution < -0.4 is 10.6 Å². The molecule has 0 aliphatic carbocycles. The maximum atomic E-state index is 12.1. The normalized spacial score (nSPS) is 15.0. The number of nitrogens with one attached hydrogen (secondary N) is 2. The predicted molar refractivity (Wildman–Crippen MR) is 130 cm³/mol. The van der Waals surface area contributed by atoms with Crippen molar-refractivity contribution >= 4 is 16.1 Å². The number of nitrogens with zero attached hydrogens (tertiary/aromatic N) is 3. The topological polar surface area (TPSA) is 104 Å². The van der Waals surface area contributed by atoms with Crippen molar-refractivity contribution in [3.05, 3.63) is 30.1 Å². The second-order valence-corrected chi connectivity index (χ2v) is 10.5. The molecule has 0 unspecified atom stereocenters. The van der Waals surface area contributed by atoms with Crippen LogP contribution in [0.2, 0.25) is 0 Å². The van der Waals surface area contributed by atoms with Crippen molar-refractivity contribution in [1.29, 1.82) is 0 Å². The number of morpholine rings is 1. The van der Waals surface area contributed by atoms with Crippen LogP contribution in [0.1, 0.15) is 50.5 Å². The standard InChI is InChI=1S/C23H41N5O4S/c1-33(30,31)28(15-9-13-27-16-18-32-19-17-27)14-7-5-3-2-4-6-12-25-23(29)26-21-22-10-8-11-24-20-22/h8,10-11,20H,2-7,9,12-19,21H2,1H3,(H2,25,26,29). The molecule has 2 heterocycles. The van der Waals surface area contributed by atoms with Gasteiger partial charge in [-0.25, -0.2) is 17.5 Å². The summed E-state index contributed by atoms with van der Waals surface area (Å²) in [6.45, 7) is 6.64. The van der Waals surface area contributed by atoms with Crippen LogP contribution in [-0.2, 0) is 21.3 Å². The van der Waals surface area contributed by atoms with Gasteiger partial charge in [-0.05, 0) is 37.4 Å². The van der Waals surface area contributed by atoms with E-state index in [0.29, 0.717) is 26.2 Å². The quantitative estimate of drug-likeness (QED) is 0.350. The number of carbonyl (C=O) groups is 1. The zero-order chi connectivity index (χ0) is 23.8. The highest BCUT2D eigenvalue weighted by Gasteiger charge is 2.17. The fourth-order valence-corrected chi connectivity index (χ4v) is 4.73. The van der Waals surface area contributed by atoms with E-state index in [4.69, 9.17) is 4.74 Å².